The first-order valence-corrected chi connectivity index (χ1v) is 4.46. The largest absolute Gasteiger partial charge is 0.393 e. The molecule has 15 heavy (non-hydrogen) atoms. The molecule has 0 aliphatic heterocycles. The zero-order valence-corrected chi connectivity index (χ0v) is 8.30. The van der Waals surface area contributed by atoms with E-state index in [9.17, 15) is 10.1 Å². The Balaban J connectivity index is 2.83. The average molecular weight is 211 g/mol. The summed E-state index contributed by atoms with van der Waals surface area (Å²) >= 11 is 0. The van der Waals surface area contributed by atoms with Gasteiger partial charge in [-0.3, -0.25) is 10.1 Å². The fraction of sp³-hybridized carbons (Fsp3) is 0.333. The van der Waals surface area contributed by atoms with Gasteiger partial charge in [-0.05, 0) is 19.1 Å². The monoisotopic (exact) mass is 211 g/mol. The normalized spacial score (nSPS) is 12.1. The average Bonchev–Trinajstić information content (AvgIpc) is 2.16. The third kappa shape index (κ3) is 3.10. The summed E-state index contributed by atoms with van der Waals surface area (Å²) in [5.74, 6) is 0. The van der Waals surface area contributed by atoms with Gasteiger partial charge in [-0.1, -0.05) is 0 Å². The molecule has 82 valence electrons. The van der Waals surface area contributed by atoms with Crippen LogP contribution in [0.25, 0.3) is 0 Å². The molecule has 0 saturated carbocycles. The van der Waals surface area contributed by atoms with Crippen LogP contribution in [0.1, 0.15) is 6.92 Å². The number of nitro groups is 1. The fourth-order valence-corrected chi connectivity index (χ4v) is 1.08. The summed E-state index contributed by atoms with van der Waals surface area (Å²) in [4.78, 5) is 10.0. The molecule has 6 heteroatoms. The van der Waals surface area contributed by atoms with Gasteiger partial charge in [0.25, 0.3) is 5.69 Å². The van der Waals surface area contributed by atoms with Gasteiger partial charge in [-0.25, -0.2) is 0 Å². The summed E-state index contributed by atoms with van der Waals surface area (Å²) in [7, 11) is 0. The number of nitrogen functional groups attached to an aromatic ring is 1. The van der Waals surface area contributed by atoms with Gasteiger partial charge >= 0.3 is 0 Å². The highest BCUT2D eigenvalue weighted by Crippen LogP contribution is 2.24. The maximum absolute atomic E-state index is 10.6. The molecule has 0 aromatic heterocycles. The van der Waals surface area contributed by atoms with Crippen LogP contribution in [0, 0.1) is 10.1 Å². The van der Waals surface area contributed by atoms with Crippen LogP contribution in [0.3, 0.4) is 0 Å². The fourth-order valence-electron chi connectivity index (χ4n) is 1.08. The van der Waals surface area contributed by atoms with E-state index >= 15 is 0 Å². The molecule has 0 aliphatic carbocycles. The summed E-state index contributed by atoms with van der Waals surface area (Å²) in [5, 5.41) is 22.4. The van der Waals surface area contributed by atoms with E-state index in [0.29, 0.717) is 12.2 Å². The van der Waals surface area contributed by atoms with Gasteiger partial charge < -0.3 is 16.2 Å². The predicted molar refractivity (Wildman–Crippen MR) is 57.7 cm³/mol. The van der Waals surface area contributed by atoms with E-state index < -0.39 is 11.0 Å². The highest BCUT2D eigenvalue weighted by molar-refractivity contribution is 5.65. The molecule has 1 aromatic carbocycles. The molecular formula is C9H13N3O3. The zero-order chi connectivity index (χ0) is 11.4. The van der Waals surface area contributed by atoms with E-state index in [1.807, 2.05) is 0 Å². The second-order valence-electron chi connectivity index (χ2n) is 3.26. The summed E-state index contributed by atoms with van der Waals surface area (Å²) in [5.41, 5.74) is 5.99. The third-order valence-corrected chi connectivity index (χ3v) is 1.83. The predicted octanol–water partition coefficient (Wildman–Crippen LogP) is 0.970. The molecule has 0 bridgehead atoms. The second-order valence-corrected chi connectivity index (χ2v) is 3.26. The Labute approximate surface area is 86.9 Å². The van der Waals surface area contributed by atoms with Gasteiger partial charge in [0.1, 0.15) is 5.69 Å². The van der Waals surface area contributed by atoms with E-state index in [0.717, 1.165) is 0 Å². The molecule has 0 fully saturated rings. The Morgan fingerprint density at radius 1 is 1.67 bits per heavy atom. The Morgan fingerprint density at radius 2 is 2.33 bits per heavy atom. The Morgan fingerprint density at radius 3 is 2.87 bits per heavy atom. The number of hydrogen-bond donors (Lipinski definition) is 3. The molecule has 6 nitrogen and oxygen atoms in total. The van der Waals surface area contributed by atoms with E-state index in [1.54, 1.807) is 13.0 Å². The van der Waals surface area contributed by atoms with Crippen molar-refractivity contribution in [3.8, 4) is 0 Å². The van der Waals surface area contributed by atoms with Crippen LogP contribution in [0.2, 0.25) is 0 Å². The van der Waals surface area contributed by atoms with Crippen molar-refractivity contribution in [1.29, 1.82) is 0 Å². The number of nitro benzene ring substituents is 1. The smallest absolute Gasteiger partial charge is 0.294 e. The molecule has 0 amide bonds. The lowest BCUT2D eigenvalue weighted by atomic mass is 10.2. The van der Waals surface area contributed by atoms with Crippen molar-refractivity contribution in [2.45, 2.75) is 13.0 Å². The van der Waals surface area contributed by atoms with Crippen LogP contribution in [0.5, 0.6) is 0 Å². The van der Waals surface area contributed by atoms with Crippen LogP contribution in [0.15, 0.2) is 18.2 Å². The van der Waals surface area contributed by atoms with Crippen molar-refractivity contribution in [2.24, 2.45) is 0 Å². The van der Waals surface area contributed by atoms with Gasteiger partial charge in [0.15, 0.2) is 0 Å². The third-order valence-electron chi connectivity index (χ3n) is 1.83. The number of nitrogens with zero attached hydrogens (tertiary/aromatic N) is 1. The first-order chi connectivity index (χ1) is 7.00. The number of benzene rings is 1. The van der Waals surface area contributed by atoms with Gasteiger partial charge in [0.05, 0.1) is 11.0 Å². The molecule has 1 aromatic rings. The van der Waals surface area contributed by atoms with Gasteiger partial charge in [0, 0.05) is 18.3 Å². The van der Waals surface area contributed by atoms with Crippen molar-refractivity contribution >= 4 is 17.1 Å². The minimum Gasteiger partial charge on any atom is -0.393 e. The van der Waals surface area contributed by atoms with E-state index in [1.165, 1.54) is 12.1 Å². The Kier molecular flexibility index (Phi) is 3.46. The van der Waals surface area contributed by atoms with Gasteiger partial charge in [-0.2, -0.15) is 0 Å². The number of hydrogen-bond acceptors (Lipinski definition) is 5. The summed E-state index contributed by atoms with van der Waals surface area (Å²) < 4.78 is 0. The standard InChI is InChI=1S/C9H13N3O3/c1-6(13)5-11-7-2-3-8(10)9(4-7)12(14)15/h2-4,6,11,13H,5,10H2,1H3. The number of aliphatic hydroxyl groups excluding tert-OH is 1. The maximum Gasteiger partial charge on any atom is 0.294 e. The van der Waals surface area contributed by atoms with E-state index in [-0.39, 0.29) is 11.4 Å². The molecule has 0 aliphatic rings. The molecule has 0 radical (unpaired) electrons. The van der Waals surface area contributed by atoms with Crippen molar-refractivity contribution in [3.63, 3.8) is 0 Å². The van der Waals surface area contributed by atoms with Crippen LogP contribution >= 0.6 is 0 Å². The molecule has 1 rings (SSSR count). The first kappa shape index (κ1) is 11.3. The highest BCUT2D eigenvalue weighted by Gasteiger charge is 2.11. The first-order valence-electron chi connectivity index (χ1n) is 4.46. The van der Waals surface area contributed by atoms with Crippen molar-refractivity contribution in [1.82, 2.24) is 0 Å². The number of rotatable bonds is 4. The van der Waals surface area contributed by atoms with E-state index in [4.69, 9.17) is 10.8 Å². The summed E-state index contributed by atoms with van der Waals surface area (Å²) in [6.07, 6.45) is -0.512. The lowest BCUT2D eigenvalue weighted by Crippen LogP contribution is -2.15. The van der Waals surface area contributed by atoms with Gasteiger partial charge in [-0.15, -0.1) is 0 Å². The van der Waals surface area contributed by atoms with Crippen molar-refractivity contribution in [2.75, 3.05) is 17.6 Å². The summed E-state index contributed by atoms with van der Waals surface area (Å²) in [6, 6.07) is 4.44. The summed E-state index contributed by atoms with van der Waals surface area (Å²) in [6.45, 7) is 1.96. The molecule has 0 heterocycles. The number of anilines is 2. The zero-order valence-electron chi connectivity index (χ0n) is 8.30. The molecule has 1 atom stereocenters. The second kappa shape index (κ2) is 4.61. The number of aliphatic hydroxyl groups is 1. The van der Waals surface area contributed by atoms with Crippen LogP contribution in [0.4, 0.5) is 17.1 Å². The van der Waals surface area contributed by atoms with Crippen LogP contribution in [-0.4, -0.2) is 22.7 Å². The van der Waals surface area contributed by atoms with Crippen LogP contribution in [-0.2, 0) is 0 Å². The topological polar surface area (TPSA) is 101 Å². The van der Waals surface area contributed by atoms with Crippen molar-refractivity contribution in [3.05, 3.63) is 28.3 Å². The molecular weight excluding hydrogens is 198 g/mol. The quantitative estimate of drug-likeness (QED) is 0.391. The van der Waals surface area contributed by atoms with Crippen molar-refractivity contribution < 1.29 is 10.0 Å². The molecule has 0 spiro atoms. The van der Waals surface area contributed by atoms with Gasteiger partial charge in [0.2, 0.25) is 0 Å². The minimum absolute atomic E-state index is 0.127. The number of nitrogens with one attached hydrogen (secondary N) is 1. The lowest BCUT2D eigenvalue weighted by Gasteiger charge is -2.08. The lowest BCUT2D eigenvalue weighted by molar-refractivity contribution is -0.383. The molecule has 1 unspecified atom stereocenters. The number of nitrogens with two attached hydrogens (primary N) is 1. The SMILES string of the molecule is CC(O)CNc1ccc(N)c([N+](=O)[O-])c1. The molecule has 4 N–H and O–H groups in total. The van der Waals surface area contributed by atoms with E-state index in [2.05, 4.69) is 5.32 Å². The highest BCUT2D eigenvalue weighted by atomic mass is 16.6. The molecule has 0 saturated heterocycles. The van der Waals surface area contributed by atoms with Crippen LogP contribution < -0.4 is 11.1 Å². The Bertz CT molecular complexity index is 366. The maximum atomic E-state index is 10.6. The minimum atomic E-state index is -0.539. The Hall–Kier alpha value is -1.82.